The Morgan fingerprint density at radius 2 is 2.14 bits per heavy atom. The van der Waals surface area contributed by atoms with Crippen LogP contribution in [0.2, 0.25) is 0 Å². The normalized spacial score (nSPS) is 20.5. The van der Waals surface area contributed by atoms with Crippen LogP contribution < -0.4 is 11.1 Å². The van der Waals surface area contributed by atoms with Crippen LogP contribution in [-0.4, -0.2) is 16.9 Å². The van der Waals surface area contributed by atoms with E-state index in [-0.39, 0.29) is 12.2 Å². The molecule has 1 unspecified atom stereocenters. The van der Waals surface area contributed by atoms with Crippen LogP contribution in [0.15, 0.2) is 24.3 Å². The lowest BCUT2D eigenvalue weighted by atomic mass is 9.91. The molecule has 4 nitrogen and oxygen atoms in total. The predicted octanol–water partition coefficient (Wildman–Crippen LogP) is 3.68. The fraction of sp³-hybridized carbons (Fsp3) is 0.375. The molecule has 0 bridgehead atoms. The minimum absolute atomic E-state index is 0.105. The number of pyridine rings is 1. The van der Waals surface area contributed by atoms with E-state index in [1.807, 2.05) is 6.07 Å². The van der Waals surface area contributed by atoms with Crippen molar-refractivity contribution in [2.75, 3.05) is 11.1 Å². The maximum atomic E-state index is 14.0. The minimum Gasteiger partial charge on any atom is -0.384 e. The van der Waals surface area contributed by atoms with E-state index in [0.29, 0.717) is 35.0 Å². The monoisotopic (exact) mass is 302 g/mol. The summed E-state index contributed by atoms with van der Waals surface area (Å²) < 4.78 is 28.1. The summed E-state index contributed by atoms with van der Waals surface area (Å²) in [6.07, 6.45) is 1.62. The van der Waals surface area contributed by atoms with Crippen molar-refractivity contribution < 1.29 is 8.78 Å². The first-order chi connectivity index (χ1) is 10.5. The Balaban J connectivity index is 2.04. The van der Waals surface area contributed by atoms with E-state index in [0.717, 1.165) is 6.42 Å². The van der Waals surface area contributed by atoms with Gasteiger partial charge in [0.25, 0.3) is 5.92 Å². The maximum Gasteiger partial charge on any atom is 0.267 e. The predicted molar refractivity (Wildman–Crippen MR) is 81.7 cm³/mol. The average Bonchev–Trinajstić information content (AvgIpc) is 2.48. The zero-order valence-electron chi connectivity index (χ0n) is 11.9. The van der Waals surface area contributed by atoms with Crippen LogP contribution in [-0.2, 0) is 0 Å². The van der Waals surface area contributed by atoms with Crippen molar-refractivity contribution in [2.24, 2.45) is 0 Å². The number of benzene rings is 1. The minimum atomic E-state index is -2.74. The molecule has 0 spiro atoms. The SMILES string of the molecule is N#Cc1ccc2nc(N)cc(NC3CCCCC3(F)F)c2c1. The summed E-state index contributed by atoms with van der Waals surface area (Å²) in [6.45, 7) is 0. The number of nitrogens with zero attached hydrogens (tertiary/aromatic N) is 2. The topological polar surface area (TPSA) is 74.7 Å². The van der Waals surface area contributed by atoms with Gasteiger partial charge in [0.05, 0.1) is 23.2 Å². The van der Waals surface area contributed by atoms with E-state index >= 15 is 0 Å². The van der Waals surface area contributed by atoms with Crippen molar-refractivity contribution in [3.8, 4) is 6.07 Å². The maximum absolute atomic E-state index is 14.0. The molecule has 22 heavy (non-hydrogen) atoms. The molecule has 1 aromatic carbocycles. The van der Waals surface area contributed by atoms with Gasteiger partial charge in [-0.3, -0.25) is 0 Å². The largest absolute Gasteiger partial charge is 0.384 e. The number of fused-ring (bicyclic) bond motifs is 1. The molecule has 3 N–H and O–H groups in total. The number of hydrogen-bond acceptors (Lipinski definition) is 4. The Labute approximate surface area is 126 Å². The number of anilines is 2. The number of nitrogen functional groups attached to an aromatic ring is 1. The molecule has 1 atom stereocenters. The number of nitrogens with one attached hydrogen (secondary N) is 1. The van der Waals surface area contributed by atoms with Gasteiger partial charge in [-0.25, -0.2) is 13.8 Å². The highest BCUT2D eigenvalue weighted by Gasteiger charge is 2.41. The van der Waals surface area contributed by atoms with E-state index in [1.165, 1.54) is 0 Å². The second-order valence-electron chi connectivity index (χ2n) is 5.64. The van der Waals surface area contributed by atoms with Gasteiger partial charge in [-0.1, -0.05) is 6.42 Å². The summed E-state index contributed by atoms with van der Waals surface area (Å²) in [5.74, 6) is -2.48. The molecule has 0 saturated heterocycles. The van der Waals surface area contributed by atoms with E-state index in [1.54, 1.807) is 24.3 Å². The molecular formula is C16H16F2N4. The van der Waals surface area contributed by atoms with Crippen molar-refractivity contribution in [1.82, 2.24) is 4.98 Å². The van der Waals surface area contributed by atoms with E-state index in [2.05, 4.69) is 10.3 Å². The van der Waals surface area contributed by atoms with Crippen LogP contribution in [0.1, 0.15) is 31.2 Å². The Kier molecular flexibility index (Phi) is 3.57. The van der Waals surface area contributed by atoms with E-state index < -0.39 is 12.0 Å². The summed E-state index contributed by atoms with van der Waals surface area (Å²) >= 11 is 0. The molecule has 0 radical (unpaired) electrons. The van der Waals surface area contributed by atoms with Gasteiger partial charge in [-0.2, -0.15) is 5.26 Å². The van der Waals surface area contributed by atoms with Gasteiger partial charge in [-0.15, -0.1) is 0 Å². The zero-order chi connectivity index (χ0) is 15.7. The molecular weight excluding hydrogens is 286 g/mol. The summed E-state index contributed by atoms with van der Waals surface area (Å²) in [6, 6.07) is 7.63. The summed E-state index contributed by atoms with van der Waals surface area (Å²) in [4.78, 5) is 4.18. The number of alkyl halides is 2. The third-order valence-corrected chi connectivity index (χ3v) is 4.05. The first-order valence-electron chi connectivity index (χ1n) is 7.24. The lowest BCUT2D eigenvalue weighted by molar-refractivity contribution is -0.0448. The molecule has 1 aliphatic rings. The first kappa shape index (κ1) is 14.5. The second kappa shape index (κ2) is 5.41. The van der Waals surface area contributed by atoms with Gasteiger partial charge in [0.15, 0.2) is 0 Å². The van der Waals surface area contributed by atoms with Gasteiger partial charge in [0.1, 0.15) is 5.82 Å². The molecule has 1 aromatic heterocycles. The Bertz CT molecular complexity index is 752. The number of rotatable bonds is 2. The van der Waals surface area contributed by atoms with Gasteiger partial charge < -0.3 is 11.1 Å². The van der Waals surface area contributed by atoms with Crippen molar-refractivity contribution in [2.45, 2.75) is 37.6 Å². The number of nitriles is 1. The van der Waals surface area contributed by atoms with Crippen LogP contribution >= 0.6 is 0 Å². The second-order valence-corrected chi connectivity index (χ2v) is 5.64. The van der Waals surface area contributed by atoms with Crippen molar-refractivity contribution in [3.05, 3.63) is 29.8 Å². The third kappa shape index (κ3) is 2.67. The van der Waals surface area contributed by atoms with Crippen LogP contribution in [0, 0.1) is 11.3 Å². The number of aromatic nitrogens is 1. The standard InChI is InChI=1S/C16H16F2N4/c17-16(18)6-2-1-3-14(16)21-13-8-15(20)22-12-5-4-10(9-19)7-11(12)13/h4-5,7-8,14H,1-3,6H2,(H3,20,21,22). The third-order valence-electron chi connectivity index (χ3n) is 4.05. The van der Waals surface area contributed by atoms with Gasteiger partial charge >= 0.3 is 0 Å². The summed E-state index contributed by atoms with van der Waals surface area (Å²) in [5.41, 5.74) is 7.31. The summed E-state index contributed by atoms with van der Waals surface area (Å²) in [7, 11) is 0. The Hall–Kier alpha value is -2.42. The lowest BCUT2D eigenvalue weighted by Gasteiger charge is -2.32. The van der Waals surface area contributed by atoms with E-state index in [9.17, 15) is 8.78 Å². The summed E-state index contributed by atoms with van der Waals surface area (Å²) in [5, 5.41) is 12.6. The zero-order valence-corrected chi connectivity index (χ0v) is 11.9. The number of halogens is 2. The highest BCUT2D eigenvalue weighted by atomic mass is 19.3. The van der Waals surface area contributed by atoms with Gasteiger partial charge in [0.2, 0.25) is 0 Å². The van der Waals surface area contributed by atoms with Crippen molar-refractivity contribution in [3.63, 3.8) is 0 Å². The molecule has 0 amide bonds. The number of hydrogen-bond donors (Lipinski definition) is 2. The Morgan fingerprint density at radius 3 is 2.86 bits per heavy atom. The molecule has 0 aliphatic heterocycles. The van der Waals surface area contributed by atoms with Crippen LogP contribution in [0.5, 0.6) is 0 Å². The molecule has 3 rings (SSSR count). The van der Waals surface area contributed by atoms with Gasteiger partial charge in [-0.05, 0) is 31.0 Å². The van der Waals surface area contributed by atoms with Crippen molar-refractivity contribution >= 4 is 22.4 Å². The molecule has 1 heterocycles. The highest BCUT2D eigenvalue weighted by Crippen LogP contribution is 2.37. The van der Waals surface area contributed by atoms with Crippen LogP contribution in [0.4, 0.5) is 20.3 Å². The smallest absolute Gasteiger partial charge is 0.267 e. The molecule has 114 valence electrons. The lowest BCUT2D eigenvalue weighted by Crippen LogP contribution is -2.42. The molecule has 2 aromatic rings. The molecule has 1 fully saturated rings. The fourth-order valence-electron chi connectivity index (χ4n) is 2.90. The van der Waals surface area contributed by atoms with Crippen molar-refractivity contribution in [1.29, 1.82) is 5.26 Å². The Morgan fingerprint density at radius 1 is 1.32 bits per heavy atom. The highest BCUT2D eigenvalue weighted by molar-refractivity contribution is 5.93. The fourth-order valence-corrected chi connectivity index (χ4v) is 2.90. The van der Waals surface area contributed by atoms with Gasteiger partial charge in [0, 0.05) is 23.6 Å². The molecule has 1 aliphatic carbocycles. The number of nitrogens with two attached hydrogens (primary N) is 1. The first-order valence-corrected chi connectivity index (χ1v) is 7.24. The molecule has 1 saturated carbocycles. The van der Waals surface area contributed by atoms with E-state index in [4.69, 9.17) is 11.0 Å². The molecule has 6 heteroatoms. The quantitative estimate of drug-likeness (QED) is 0.887. The average molecular weight is 302 g/mol. The van der Waals surface area contributed by atoms with Crippen LogP contribution in [0.25, 0.3) is 10.9 Å². The van der Waals surface area contributed by atoms with Crippen LogP contribution in [0.3, 0.4) is 0 Å².